The van der Waals surface area contributed by atoms with Crippen LogP contribution in [0.15, 0.2) is 24.3 Å². The Kier molecular flexibility index (Phi) is 4.79. The Labute approximate surface area is 151 Å². The van der Waals surface area contributed by atoms with Crippen molar-refractivity contribution in [3.63, 3.8) is 0 Å². The number of benzene rings is 2. The maximum Gasteiger partial charge on any atom is 0.312 e. The van der Waals surface area contributed by atoms with E-state index in [9.17, 15) is 9.90 Å². The number of carbonyl (C=O) groups excluding carboxylic acids is 1. The van der Waals surface area contributed by atoms with Gasteiger partial charge in [-0.2, -0.15) is 0 Å². The lowest BCUT2D eigenvalue weighted by molar-refractivity contribution is -0.135. The molecule has 0 aliphatic carbocycles. The maximum absolute atomic E-state index is 12.2. The first-order valence-electron chi connectivity index (χ1n) is 7.94. The van der Waals surface area contributed by atoms with E-state index in [1.54, 1.807) is 18.2 Å². The lowest BCUT2D eigenvalue weighted by atomic mass is 9.85. The second kappa shape index (κ2) is 7.03. The van der Waals surface area contributed by atoms with Crippen LogP contribution in [0.3, 0.4) is 0 Å². The van der Waals surface area contributed by atoms with Gasteiger partial charge in [0, 0.05) is 17.5 Å². The number of fused-ring (bicyclic) bond motifs is 1. The zero-order chi connectivity index (χ0) is 18.8. The first-order valence-corrected chi connectivity index (χ1v) is 7.94. The molecule has 0 saturated carbocycles. The van der Waals surface area contributed by atoms with Crippen molar-refractivity contribution < 1.29 is 33.6 Å². The lowest BCUT2D eigenvalue weighted by Crippen LogP contribution is -2.22. The molecule has 26 heavy (non-hydrogen) atoms. The summed E-state index contributed by atoms with van der Waals surface area (Å²) in [6.07, 6.45) is 0.118. The van der Waals surface area contributed by atoms with Crippen LogP contribution in [0.2, 0.25) is 0 Å². The van der Waals surface area contributed by atoms with Gasteiger partial charge in [0.2, 0.25) is 5.75 Å². The summed E-state index contributed by atoms with van der Waals surface area (Å²) in [6, 6.07) is 6.57. The zero-order valence-corrected chi connectivity index (χ0v) is 15.0. The second-order valence-electron chi connectivity index (χ2n) is 5.72. The topological polar surface area (TPSA) is 83.5 Å². The Hall–Kier alpha value is -3.09. The van der Waals surface area contributed by atoms with Gasteiger partial charge in [0.15, 0.2) is 23.0 Å². The number of hydrogen-bond donors (Lipinski definition) is 1. The molecule has 7 nitrogen and oxygen atoms in total. The van der Waals surface area contributed by atoms with Crippen molar-refractivity contribution in [1.29, 1.82) is 0 Å². The van der Waals surface area contributed by atoms with Crippen LogP contribution in [0, 0.1) is 0 Å². The number of hydrogen-bond acceptors (Lipinski definition) is 7. The highest BCUT2D eigenvalue weighted by atomic mass is 16.5. The molecule has 3 rings (SSSR count). The van der Waals surface area contributed by atoms with Crippen molar-refractivity contribution in [1.82, 2.24) is 0 Å². The molecule has 0 radical (unpaired) electrons. The molecule has 7 heteroatoms. The Bertz CT molecular complexity index is 844. The van der Waals surface area contributed by atoms with Crippen LogP contribution in [0.1, 0.15) is 23.5 Å². The Morgan fingerprint density at radius 1 is 0.962 bits per heavy atom. The number of carbonyl (C=O) groups is 1. The summed E-state index contributed by atoms with van der Waals surface area (Å²) in [5.74, 6) is 1.23. The molecule has 1 atom stereocenters. The van der Waals surface area contributed by atoms with Crippen LogP contribution in [0.25, 0.3) is 0 Å². The quantitative estimate of drug-likeness (QED) is 0.648. The number of phenolic OH excluding ortho intramolecular Hbond substituents is 1. The molecule has 0 saturated heterocycles. The summed E-state index contributed by atoms with van der Waals surface area (Å²) < 4.78 is 26.9. The predicted octanol–water partition coefficient (Wildman–Crippen LogP) is 2.87. The van der Waals surface area contributed by atoms with Crippen molar-refractivity contribution in [3.8, 4) is 34.5 Å². The molecule has 1 N–H and O–H groups in total. The molecule has 0 bridgehead atoms. The van der Waals surface area contributed by atoms with Gasteiger partial charge in [-0.05, 0) is 17.7 Å². The molecular formula is C19H20O7. The first-order chi connectivity index (χ1) is 12.5. The summed E-state index contributed by atoms with van der Waals surface area (Å²) in [4.78, 5) is 12.2. The van der Waals surface area contributed by atoms with Crippen LogP contribution in [0.5, 0.6) is 34.5 Å². The van der Waals surface area contributed by atoms with Gasteiger partial charge in [-0.3, -0.25) is 4.79 Å². The fourth-order valence-electron chi connectivity index (χ4n) is 3.20. The van der Waals surface area contributed by atoms with Crippen molar-refractivity contribution in [2.24, 2.45) is 0 Å². The second-order valence-corrected chi connectivity index (χ2v) is 5.72. The van der Waals surface area contributed by atoms with E-state index in [2.05, 4.69) is 0 Å². The van der Waals surface area contributed by atoms with Crippen LogP contribution in [-0.4, -0.2) is 39.5 Å². The predicted molar refractivity (Wildman–Crippen MR) is 92.9 cm³/mol. The summed E-state index contributed by atoms with van der Waals surface area (Å²) >= 11 is 0. The molecule has 1 aliphatic rings. The van der Waals surface area contributed by atoms with E-state index in [4.69, 9.17) is 23.7 Å². The van der Waals surface area contributed by atoms with E-state index in [1.165, 1.54) is 34.5 Å². The van der Waals surface area contributed by atoms with Crippen LogP contribution < -0.4 is 23.7 Å². The van der Waals surface area contributed by atoms with Crippen molar-refractivity contribution in [3.05, 3.63) is 35.4 Å². The number of rotatable bonds is 5. The smallest absolute Gasteiger partial charge is 0.312 e. The third-order valence-corrected chi connectivity index (χ3v) is 4.38. The molecule has 138 valence electrons. The number of ether oxygens (including phenoxy) is 5. The number of esters is 1. The molecule has 1 heterocycles. The normalized spacial score (nSPS) is 15.7. The van der Waals surface area contributed by atoms with Gasteiger partial charge in [0.25, 0.3) is 0 Å². The van der Waals surface area contributed by atoms with E-state index < -0.39 is 0 Å². The van der Waals surface area contributed by atoms with E-state index in [0.29, 0.717) is 34.3 Å². The van der Waals surface area contributed by atoms with Gasteiger partial charge in [0.05, 0.1) is 34.9 Å². The highest BCUT2D eigenvalue weighted by Crippen LogP contribution is 2.52. The average molecular weight is 360 g/mol. The average Bonchev–Trinajstić information content (AvgIpc) is 2.65. The summed E-state index contributed by atoms with van der Waals surface area (Å²) in [6.45, 7) is 0. The maximum atomic E-state index is 12.2. The van der Waals surface area contributed by atoms with Gasteiger partial charge >= 0.3 is 5.97 Å². The summed E-state index contributed by atoms with van der Waals surface area (Å²) in [7, 11) is 6.00. The van der Waals surface area contributed by atoms with E-state index in [1.807, 2.05) is 0 Å². The van der Waals surface area contributed by atoms with Crippen LogP contribution in [-0.2, 0) is 4.79 Å². The minimum absolute atomic E-state index is 0.0223. The van der Waals surface area contributed by atoms with Crippen molar-refractivity contribution in [2.45, 2.75) is 12.3 Å². The molecule has 0 amide bonds. The Balaban J connectivity index is 2.24. The number of aromatic hydroxyl groups is 1. The Morgan fingerprint density at radius 3 is 2.27 bits per heavy atom. The van der Waals surface area contributed by atoms with Gasteiger partial charge in [-0.1, -0.05) is 6.07 Å². The van der Waals surface area contributed by atoms with Crippen molar-refractivity contribution in [2.75, 3.05) is 28.4 Å². The SMILES string of the molecule is COc1cc(C2CC(=O)Oc3cc(OC)c(OC)c(OC)c32)ccc1O. The lowest BCUT2D eigenvalue weighted by Gasteiger charge is -2.28. The minimum atomic E-state index is -0.371. The molecule has 0 spiro atoms. The summed E-state index contributed by atoms with van der Waals surface area (Å²) in [5.41, 5.74) is 1.46. The molecule has 0 aromatic heterocycles. The van der Waals surface area contributed by atoms with E-state index >= 15 is 0 Å². The molecule has 1 aliphatic heterocycles. The fourth-order valence-corrected chi connectivity index (χ4v) is 3.20. The molecule has 2 aromatic carbocycles. The number of methoxy groups -OCH3 is 4. The third-order valence-electron chi connectivity index (χ3n) is 4.38. The standard InChI is InChI=1S/C19H20O7/c1-22-13-7-10(5-6-12(13)20)11-8-16(21)26-14-9-15(23-2)18(24-3)19(25-4)17(11)14/h5-7,9,11,20H,8H2,1-4H3. The van der Waals surface area contributed by atoms with Gasteiger partial charge in [-0.15, -0.1) is 0 Å². The van der Waals surface area contributed by atoms with Crippen LogP contribution in [0.4, 0.5) is 0 Å². The molecular weight excluding hydrogens is 340 g/mol. The zero-order valence-electron chi connectivity index (χ0n) is 15.0. The molecule has 0 fully saturated rings. The van der Waals surface area contributed by atoms with E-state index in [-0.39, 0.29) is 24.1 Å². The third kappa shape index (κ3) is 2.85. The minimum Gasteiger partial charge on any atom is -0.504 e. The highest BCUT2D eigenvalue weighted by Gasteiger charge is 2.35. The van der Waals surface area contributed by atoms with Crippen LogP contribution >= 0.6 is 0 Å². The fraction of sp³-hybridized carbons (Fsp3) is 0.316. The van der Waals surface area contributed by atoms with Gasteiger partial charge in [0.1, 0.15) is 5.75 Å². The van der Waals surface area contributed by atoms with Gasteiger partial charge in [-0.25, -0.2) is 0 Å². The highest BCUT2D eigenvalue weighted by molar-refractivity contribution is 5.80. The number of phenols is 1. The monoisotopic (exact) mass is 360 g/mol. The Morgan fingerprint density at radius 2 is 1.65 bits per heavy atom. The van der Waals surface area contributed by atoms with Crippen molar-refractivity contribution >= 4 is 5.97 Å². The largest absolute Gasteiger partial charge is 0.504 e. The van der Waals surface area contributed by atoms with E-state index in [0.717, 1.165) is 5.56 Å². The molecule has 1 unspecified atom stereocenters. The summed E-state index contributed by atoms with van der Waals surface area (Å²) in [5, 5.41) is 9.85. The van der Waals surface area contributed by atoms with Gasteiger partial charge < -0.3 is 28.8 Å². The molecule has 2 aromatic rings. The first kappa shape index (κ1) is 17.7.